The van der Waals surface area contributed by atoms with Crippen molar-refractivity contribution >= 4 is 12.0 Å². The third-order valence-corrected chi connectivity index (χ3v) is 3.10. The minimum atomic E-state index is -0.871. The molecule has 0 aliphatic heterocycles. The Hall–Kier alpha value is -1.30. The van der Waals surface area contributed by atoms with Crippen LogP contribution in [0.2, 0.25) is 0 Å². The maximum absolute atomic E-state index is 11.7. The molecule has 0 aromatic carbocycles. The van der Waals surface area contributed by atoms with E-state index >= 15 is 0 Å². The first-order valence-electron chi connectivity index (χ1n) is 7.33. The van der Waals surface area contributed by atoms with E-state index in [0.29, 0.717) is 25.0 Å². The molecule has 0 aromatic rings. The number of urea groups is 1. The van der Waals surface area contributed by atoms with E-state index in [-0.39, 0.29) is 18.5 Å². The highest BCUT2D eigenvalue weighted by Gasteiger charge is 2.33. The normalized spacial score (nSPS) is 15.9. The first kappa shape index (κ1) is 16.8. The second-order valence-corrected chi connectivity index (χ2v) is 5.76. The van der Waals surface area contributed by atoms with E-state index in [1.54, 1.807) is 0 Å². The molecule has 0 heterocycles. The molecule has 2 amide bonds. The van der Waals surface area contributed by atoms with Crippen LogP contribution in [0.1, 0.15) is 39.5 Å². The second-order valence-electron chi connectivity index (χ2n) is 5.76. The van der Waals surface area contributed by atoms with E-state index in [2.05, 4.69) is 24.5 Å². The van der Waals surface area contributed by atoms with Crippen LogP contribution in [-0.4, -0.2) is 42.9 Å². The van der Waals surface area contributed by atoms with Crippen LogP contribution in [-0.2, 0) is 9.53 Å². The number of hydrogen-bond acceptors (Lipinski definition) is 3. The Morgan fingerprint density at radius 1 is 1.35 bits per heavy atom. The number of carboxylic acid groups (broad SMARTS) is 1. The van der Waals surface area contributed by atoms with Crippen molar-refractivity contribution in [1.82, 2.24) is 10.6 Å². The smallest absolute Gasteiger partial charge is 0.315 e. The zero-order chi connectivity index (χ0) is 15.0. The fourth-order valence-corrected chi connectivity index (χ4v) is 1.94. The molecule has 1 atom stereocenters. The lowest BCUT2D eigenvalue weighted by Crippen LogP contribution is -2.44. The minimum absolute atomic E-state index is 0.00438. The Morgan fingerprint density at radius 3 is 2.60 bits per heavy atom. The summed E-state index contributed by atoms with van der Waals surface area (Å²) >= 11 is 0. The van der Waals surface area contributed by atoms with Crippen LogP contribution in [0.15, 0.2) is 0 Å². The van der Waals surface area contributed by atoms with Gasteiger partial charge in [0.05, 0.1) is 6.42 Å². The molecule has 0 spiro atoms. The van der Waals surface area contributed by atoms with Crippen molar-refractivity contribution in [3.63, 3.8) is 0 Å². The van der Waals surface area contributed by atoms with E-state index in [1.165, 1.54) is 0 Å². The predicted octanol–water partition coefficient (Wildman–Crippen LogP) is 1.60. The largest absolute Gasteiger partial charge is 0.481 e. The fourth-order valence-electron chi connectivity index (χ4n) is 1.94. The Bertz CT molecular complexity index is 316. The number of rotatable bonds is 10. The number of carbonyl (C=O) groups is 2. The van der Waals surface area contributed by atoms with E-state index in [1.807, 2.05) is 0 Å². The van der Waals surface area contributed by atoms with Crippen molar-refractivity contribution in [2.45, 2.75) is 45.6 Å². The average molecular weight is 286 g/mol. The minimum Gasteiger partial charge on any atom is -0.481 e. The Kier molecular flexibility index (Phi) is 7.36. The van der Waals surface area contributed by atoms with E-state index < -0.39 is 5.97 Å². The number of hydrogen-bond donors (Lipinski definition) is 3. The maximum atomic E-state index is 11.7. The lowest BCUT2D eigenvalue weighted by atomic mass is 10.1. The Labute approximate surface area is 120 Å². The number of ether oxygens (including phenoxy) is 1. The lowest BCUT2D eigenvalue weighted by Gasteiger charge is -2.16. The number of carbonyl (C=O) groups excluding carboxylic acids is 1. The van der Waals surface area contributed by atoms with Crippen molar-refractivity contribution < 1.29 is 19.4 Å². The molecule has 0 aromatic heterocycles. The van der Waals surface area contributed by atoms with Gasteiger partial charge >= 0.3 is 12.0 Å². The first-order valence-corrected chi connectivity index (χ1v) is 7.33. The van der Waals surface area contributed by atoms with Crippen molar-refractivity contribution in [2.24, 2.45) is 11.8 Å². The molecule has 0 bridgehead atoms. The molecule has 1 aliphatic rings. The fraction of sp³-hybridized carbons (Fsp3) is 0.857. The van der Waals surface area contributed by atoms with Gasteiger partial charge in [0.25, 0.3) is 0 Å². The summed E-state index contributed by atoms with van der Waals surface area (Å²) in [6.07, 6.45) is 2.76. The molecule has 116 valence electrons. The summed E-state index contributed by atoms with van der Waals surface area (Å²) in [5.74, 6) is -0.0305. The van der Waals surface area contributed by atoms with Crippen molar-refractivity contribution in [1.29, 1.82) is 0 Å². The second kappa shape index (κ2) is 8.79. The number of aliphatic carboxylic acids is 1. The summed E-state index contributed by atoms with van der Waals surface area (Å²) in [5.41, 5.74) is 0. The number of amides is 2. The highest BCUT2D eigenvalue weighted by molar-refractivity contribution is 5.75. The summed E-state index contributed by atoms with van der Waals surface area (Å²) in [6, 6.07) is -0.531. The molecule has 6 nitrogen and oxygen atoms in total. The molecule has 0 saturated heterocycles. The summed E-state index contributed by atoms with van der Waals surface area (Å²) < 4.78 is 5.41. The average Bonchev–Trinajstić information content (AvgIpc) is 3.15. The maximum Gasteiger partial charge on any atom is 0.315 e. The van der Waals surface area contributed by atoms with Gasteiger partial charge in [0.1, 0.15) is 0 Å². The molecule has 1 fully saturated rings. The predicted molar refractivity (Wildman–Crippen MR) is 75.6 cm³/mol. The molecule has 1 rings (SSSR count). The van der Waals surface area contributed by atoms with Gasteiger partial charge in [-0.25, -0.2) is 4.79 Å². The molecule has 3 N–H and O–H groups in total. The third kappa shape index (κ3) is 7.99. The molecule has 20 heavy (non-hydrogen) atoms. The van der Waals surface area contributed by atoms with Crippen LogP contribution in [0, 0.1) is 11.8 Å². The van der Waals surface area contributed by atoms with Crippen LogP contribution in [0.25, 0.3) is 0 Å². The third-order valence-electron chi connectivity index (χ3n) is 3.10. The van der Waals surface area contributed by atoms with Gasteiger partial charge in [0.2, 0.25) is 0 Å². The summed E-state index contributed by atoms with van der Waals surface area (Å²) in [5, 5.41) is 14.3. The van der Waals surface area contributed by atoms with Gasteiger partial charge in [-0.05, 0) is 31.1 Å². The number of nitrogens with one attached hydrogen (secondary N) is 2. The molecule has 1 aliphatic carbocycles. The van der Waals surface area contributed by atoms with Gasteiger partial charge in [-0.2, -0.15) is 0 Å². The van der Waals surface area contributed by atoms with Crippen molar-refractivity contribution in [3.05, 3.63) is 0 Å². The zero-order valence-electron chi connectivity index (χ0n) is 12.4. The van der Waals surface area contributed by atoms with Gasteiger partial charge in [0, 0.05) is 25.8 Å². The van der Waals surface area contributed by atoms with E-state index in [9.17, 15) is 9.59 Å². The first-order chi connectivity index (χ1) is 9.49. The molecule has 0 radical (unpaired) electrons. The summed E-state index contributed by atoms with van der Waals surface area (Å²) in [4.78, 5) is 22.4. The lowest BCUT2D eigenvalue weighted by molar-refractivity contribution is -0.137. The number of carboxylic acids is 1. The van der Waals surface area contributed by atoms with Crippen molar-refractivity contribution in [3.8, 4) is 0 Å². The highest BCUT2D eigenvalue weighted by atomic mass is 16.5. The molecule has 1 unspecified atom stereocenters. The molecular weight excluding hydrogens is 260 g/mol. The summed E-state index contributed by atoms with van der Waals surface area (Å²) in [6.45, 7) is 6.07. The van der Waals surface area contributed by atoms with Gasteiger partial charge < -0.3 is 20.5 Å². The quantitative estimate of drug-likeness (QED) is 0.532. The topological polar surface area (TPSA) is 87.7 Å². The van der Waals surface area contributed by atoms with Gasteiger partial charge in [-0.3, -0.25) is 4.79 Å². The van der Waals surface area contributed by atoms with Crippen LogP contribution in [0.4, 0.5) is 4.79 Å². The van der Waals surface area contributed by atoms with Gasteiger partial charge in [-0.15, -0.1) is 0 Å². The van der Waals surface area contributed by atoms with Crippen LogP contribution in [0.3, 0.4) is 0 Å². The standard InChI is InChI=1S/C14H26N2O4/c1-10(2)9-20-7-3-6-15-14(19)16-12(8-13(17)18)11-4-5-11/h10-12H,3-9H2,1-2H3,(H,17,18)(H2,15,16,19). The Morgan fingerprint density at radius 2 is 2.05 bits per heavy atom. The van der Waals surface area contributed by atoms with Crippen LogP contribution < -0.4 is 10.6 Å². The SMILES string of the molecule is CC(C)COCCCNC(=O)NC(CC(=O)O)C1CC1. The molecular formula is C14H26N2O4. The monoisotopic (exact) mass is 286 g/mol. The molecule has 1 saturated carbocycles. The zero-order valence-corrected chi connectivity index (χ0v) is 12.4. The van der Waals surface area contributed by atoms with Crippen LogP contribution >= 0.6 is 0 Å². The molecule has 6 heteroatoms. The van der Waals surface area contributed by atoms with Gasteiger partial charge in [0.15, 0.2) is 0 Å². The van der Waals surface area contributed by atoms with Crippen LogP contribution in [0.5, 0.6) is 0 Å². The van der Waals surface area contributed by atoms with E-state index in [0.717, 1.165) is 25.9 Å². The van der Waals surface area contributed by atoms with Crippen molar-refractivity contribution in [2.75, 3.05) is 19.8 Å². The highest BCUT2D eigenvalue weighted by Crippen LogP contribution is 2.33. The summed E-state index contributed by atoms with van der Waals surface area (Å²) in [7, 11) is 0. The Balaban J connectivity index is 2.07. The van der Waals surface area contributed by atoms with E-state index in [4.69, 9.17) is 9.84 Å². The van der Waals surface area contributed by atoms with Gasteiger partial charge in [-0.1, -0.05) is 13.8 Å².